The first-order valence-corrected chi connectivity index (χ1v) is 6.69. The maximum atomic E-state index is 13.0. The first-order chi connectivity index (χ1) is 10.5. The molecule has 0 unspecified atom stereocenters. The first-order valence-electron chi connectivity index (χ1n) is 6.69. The van der Waals surface area contributed by atoms with Crippen molar-refractivity contribution in [3.63, 3.8) is 0 Å². The average molecular weight is 304 g/mol. The van der Waals surface area contributed by atoms with Crippen molar-refractivity contribution in [3.05, 3.63) is 47.4 Å². The molecular weight excluding hydrogens is 293 g/mol. The van der Waals surface area contributed by atoms with Crippen molar-refractivity contribution < 1.29 is 13.2 Å². The summed E-state index contributed by atoms with van der Waals surface area (Å²) in [5, 5.41) is 11.7. The number of pyridine rings is 2. The van der Waals surface area contributed by atoms with Gasteiger partial charge in [-0.25, -0.2) is 9.97 Å². The first kappa shape index (κ1) is 14.3. The number of alkyl halides is 3. The van der Waals surface area contributed by atoms with Crippen LogP contribution in [0.5, 0.6) is 0 Å². The van der Waals surface area contributed by atoms with Gasteiger partial charge in [0.05, 0.1) is 11.3 Å². The molecule has 1 saturated carbocycles. The van der Waals surface area contributed by atoms with E-state index in [2.05, 4.69) is 15.3 Å². The predicted molar refractivity (Wildman–Crippen MR) is 73.4 cm³/mol. The van der Waals surface area contributed by atoms with Gasteiger partial charge in [0.2, 0.25) is 0 Å². The highest BCUT2D eigenvalue weighted by molar-refractivity contribution is 5.65. The van der Waals surface area contributed by atoms with E-state index in [4.69, 9.17) is 5.26 Å². The van der Waals surface area contributed by atoms with Gasteiger partial charge in [0.1, 0.15) is 11.9 Å². The summed E-state index contributed by atoms with van der Waals surface area (Å²) in [5.74, 6) is 0.467. The summed E-state index contributed by atoms with van der Waals surface area (Å²) in [5.41, 5.74) is -0.259. The maximum absolute atomic E-state index is 13.0. The van der Waals surface area contributed by atoms with Crippen molar-refractivity contribution in [2.24, 2.45) is 0 Å². The van der Waals surface area contributed by atoms with Gasteiger partial charge in [-0.3, -0.25) is 0 Å². The smallest absolute Gasteiger partial charge is 0.337 e. The molecule has 1 aliphatic rings. The average Bonchev–Trinajstić information content (AvgIpc) is 3.31. The van der Waals surface area contributed by atoms with E-state index in [1.54, 1.807) is 12.1 Å². The number of hydrogen-bond acceptors (Lipinski definition) is 4. The molecule has 3 rings (SSSR count). The van der Waals surface area contributed by atoms with Gasteiger partial charge in [-0.15, -0.1) is 0 Å². The number of nitrogens with one attached hydrogen (secondary N) is 1. The second-order valence-corrected chi connectivity index (χ2v) is 5.04. The van der Waals surface area contributed by atoms with E-state index in [-0.39, 0.29) is 17.1 Å². The van der Waals surface area contributed by atoms with Crippen LogP contribution in [-0.4, -0.2) is 9.97 Å². The van der Waals surface area contributed by atoms with Crippen LogP contribution in [0.25, 0.3) is 0 Å². The minimum atomic E-state index is -4.58. The maximum Gasteiger partial charge on any atom is 0.435 e. The SMILES string of the molecule is N#Cc1ccc(C2CC2)nc1Nc1cccnc1C(F)(F)F. The molecule has 4 nitrogen and oxygen atoms in total. The van der Waals surface area contributed by atoms with Crippen LogP contribution < -0.4 is 5.32 Å². The van der Waals surface area contributed by atoms with Gasteiger partial charge < -0.3 is 5.32 Å². The van der Waals surface area contributed by atoms with Crippen LogP contribution in [0.3, 0.4) is 0 Å². The summed E-state index contributed by atoms with van der Waals surface area (Å²) in [6.07, 6.45) is -1.48. The predicted octanol–water partition coefficient (Wildman–Crippen LogP) is 3.99. The zero-order chi connectivity index (χ0) is 15.7. The second-order valence-electron chi connectivity index (χ2n) is 5.04. The molecule has 0 amide bonds. The van der Waals surface area contributed by atoms with E-state index >= 15 is 0 Å². The number of rotatable bonds is 3. The molecule has 2 aromatic heterocycles. The Morgan fingerprint density at radius 2 is 2.00 bits per heavy atom. The fourth-order valence-electron chi connectivity index (χ4n) is 2.13. The van der Waals surface area contributed by atoms with E-state index < -0.39 is 11.9 Å². The monoisotopic (exact) mass is 304 g/mol. The molecule has 1 N–H and O–H groups in total. The van der Waals surface area contributed by atoms with Crippen molar-refractivity contribution in [2.45, 2.75) is 24.9 Å². The summed E-state index contributed by atoms with van der Waals surface area (Å²) < 4.78 is 38.9. The molecule has 0 saturated heterocycles. The molecule has 0 bridgehead atoms. The summed E-state index contributed by atoms with van der Waals surface area (Å²) >= 11 is 0. The molecule has 112 valence electrons. The van der Waals surface area contributed by atoms with Gasteiger partial charge in [0, 0.05) is 17.8 Å². The lowest BCUT2D eigenvalue weighted by atomic mass is 10.2. The van der Waals surface area contributed by atoms with Crippen LogP contribution in [0.1, 0.15) is 35.7 Å². The summed E-state index contributed by atoms with van der Waals surface area (Å²) in [6, 6.07) is 7.92. The molecule has 1 aliphatic carbocycles. The molecule has 1 fully saturated rings. The van der Waals surface area contributed by atoms with Crippen molar-refractivity contribution in [3.8, 4) is 6.07 Å². The Morgan fingerprint density at radius 1 is 1.23 bits per heavy atom. The Labute approximate surface area is 124 Å². The van der Waals surface area contributed by atoms with Crippen LogP contribution in [-0.2, 0) is 6.18 Å². The molecule has 0 atom stereocenters. The molecule has 0 aromatic carbocycles. The van der Waals surface area contributed by atoms with Crippen LogP contribution in [0.4, 0.5) is 24.7 Å². The van der Waals surface area contributed by atoms with Crippen molar-refractivity contribution >= 4 is 11.5 Å². The zero-order valence-corrected chi connectivity index (χ0v) is 11.4. The van der Waals surface area contributed by atoms with Gasteiger partial charge in [0.15, 0.2) is 5.69 Å². The van der Waals surface area contributed by atoms with E-state index in [1.165, 1.54) is 12.1 Å². The van der Waals surface area contributed by atoms with Gasteiger partial charge in [-0.1, -0.05) is 0 Å². The third-order valence-electron chi connectivity index (χ3n) is 3.36. The van der Waals surface area contributed by atoms with E-state index in [0.717, 1.165) is 24.7 Å². The Hall–Kier alpha value is -2.62. The molecule has 0 spiro atoms. The van der Waals surface area contributed by atoms with Gasteiger partial charge in [-0.05, 0) is 37.1 Å². The number of aromatic nitrogens is 2. The number of nitriles is 1. The lowest BCUT2D eigenvalue weighted by molar-refractivity contribution is -0.140. The van der Waals surface area contributed by atoms with E-state index in [0.29, 0.717) is 5.92 Å². The molecule has 2 heterocycles. The van der Waals surface area contributed by atoms with Crippen LogP contribution in [0, 0.1) is 11.3 Å². The highest BCUT2D eigenvalue weighted by Gasteiger charge is 2.35. The van der Waals surface area contributed by atoms with Crippen molar-refractivity contribution in [2.75, 3.05) is 5.32 Å². The van der Waals surface area contributed by atoms with Gasteiger partial charge in [0.25, 0.3) is 0 Å². The van der Waals surface area contributed by atoms with Gasteiger partial charge >= 0.3 is 6.18 Å². The molecule has 7 heteroatoms. The van der Waals surface area contributed by atoms with E-state index in [1.807, 2.05) is 6.07 Å². The highest BCUT2D eigenvalue weighted by Crippen LogP contribution is 2.40. The standard InChI is InChI=1S/C15H11F3N4/c16-15(17,18)13-12(2-1-7-20-13)22-14-10(8-19)5-6-11(21-14)9-3-4-9/h1-2,5-7,9H,3-4H2,(H,21,22). The lowest BCUT2D eigenvalue weighted by Crippen LogP contribution is -2.12. The molecule has 2 aromatic rings. The Kier molecular flexibility index (Phi) is 3.45. The molecular formula is C15H11F3N4. The third kappa shape index (κ3) is 2.86. The Morgan fingerprint density at radius 3 is 2.64 bits per heavy atom. The molecule has 0 radical (unpaired) electrons. The molecule has 0 aliphatic heterocycles. The fourth-order valence-corrected chi connectivity index (χ4v) is 2.13. The highest BCUT2D eigenvalue weighted by atomic mass is 19.4. The summed E-state index contributed by atoms with van der Waals surface area (Å²) in [4.78, 5) is 7.67. The van der Waals surface area contributed by atoms with Crippen LogP contribution in [0.2, 0.25) is 0 Å². The topological polar surface area (TPSA) is 61.6 Å². The quantitative estimate of drug-likeness (QED) is 0.931. The minimum absolute atomic E-state index is 0.130. The number of hydrogen-bond donors (Lipinski definition) is 1. The Balaban J connectivity index is 2.00. The minimum Gasteiger partial charge on any atom is -0.337 e. The lowest BCUT2D eigenvalue weighted by Gasteiger charge is -2.14. The van der Waals surface area contributed by atoms with Crippen LogP contribution >= 0.6 is 0 Å². The number of halogens is 3. The largest absolute Gasteiger partial charge is 0.435 e. The van der Waals surface area contributed by atoms with Crippen molar-refractivity contribution in [1.29, 1.82) is 5.26 Å². The summed E-state index contributed by atoms with van der Waals surface area (Å²) in [6.45, 7) is 0. The fraction of sp³-hybridized carbons (Fsp3) is 0.267. The van der Waals surface area contributed by atoms with Crippen molar-refractivity contribution in [1.82, 2.24) is 9.97 Å². The molecule has 22 heavy (non-hydrogen) atoms. The number of nitrogens with zero attached hydrogens (tertiary/aromatic N) is 3. The zero-order valence-electron chi connectivity index (χ0n) is 11.4. The third-order valence-corrected chi connectivity index (χ3v) is 3.36. The van der Waals surface area contributed by atoms with Gasteiger partial charge in [-0.2, -0.15) is 18.4 Å². The van der Waals surface area contributed by atoms with Crippen LogP contribution in [0.15, 0.2) is 30.5 Å². The normalized spacial score (nSPS) is 14.5. The second kappa shape index (κ2) is 5.30. The number of anilines is 2. The summed E-state index contributed by atoms with van der Waals surface area (Å²) in [7, 11) is 0. The Bertz CT molecular complexity index is 745. The van der Waals surface area contributed by atoms with E-state index in [9.17, 15) is 13.2 Å².